The molecule has 1 fully saturated rings. The molecule has 3 aromatic carbocycles. The summed E-state index contributed by atoms with van der Waals surface area (Å²) in [6.45, 7) is 3.16. The SMILES string of the molecule is Cc1ccc(S(=O)(=O)N2CCOCC2)cc1C(=O)Nc1ccc(-c2ccccc2)cc1. The highest BCUT2D eigenvalue weighted by molar-refractivity contribution is 7.89. The number of ether oxygens (including phenoxy) is 1. The average molecular weight is 437 g/mol. The largest absolute Gasteiger partial charge is 0.379 e. The second kappa shape index (κ2) is 9.01. The first-order valence-corrected chi connectivity index (χ1v) is 11.5. The van der Waals surface area contributed by atoms with Crippen molar-refractivity contribution in [2.45, 2.75) is 11.8 Å². The first kappa shape index (κ1) is 21.2. The van der Waals surface area contributed by atoms with Gasteiger partial charge in [0, 0.05) is 24.3 Å². The number of amides is 1. The van der Waals surface area contributed by atoms with Crippen molar-refractivity contribution in [2.24, 2.45) is 0 Å². The Balaban J connectivity index is 1.54. The van der Waals surface area contributed by atoms with E-state index >= 15 is 0 Å². The maximum Gasteiger partial charge on any atom is 0.255 e. The molecule has 0 aromatic heterocycles. The second-order valence-corrected chi connectivity index (χ2v) is 9.33. The van der Waals surface area contributed by atoms with E-state index in [1.54, 1.807) is 19.1 Å². The average Bonchev–Trinajstić information content (AvgIpc) is 2.81. The van der Waals surface area contributed by atoms with Gasteiger partial charge < -0.3 is 10.1 Å². The summed E-state index contributed by atoms with van der Waals surface area (Å²) in [7, 11) is -3.67. The molecule has 3 aromatic rings. The first-order chi connectivity index (χ1) is 14.9. The molecular formula is C24H24N2O4S. The third-order valence-corrected chi connectivity index (χ3v) is 7.21. The van der Waals surface area contributed by atoms with Crippen LogP contribution in [0.5, 0.6) is 0 Å². The van der Waals surface area contributed by atoms with Gasteiger partial charge in [0.15, 0.2) is 0 Å². The van der Waals surface area contributed by atoms with Gasteiger partial charge in [-0.25, -0.2) is 8.42 Å². The lowest BCUT2D eigenvalue weighted by atomic mass is 10.1. The van der Waals surface area contributed by atoms with Gasteiger partial charge in [0.1, 0.15) is 0 Å². The Bertz CT molecular complexity index is 1170. The molecule has 7 heteroatoms. The zero-order valence-electron chi connectivity index (χ0n) is 17.2. The molecule has 0 spiro atoms. The van der Waals surface area contributed by atoms with E-state index in [4.69, 9.17) is 4.74 Å². The van der Waals surface area contributed by atoms with Crippen LogP contribution in [0.1, 0.15) is 15.9 Å². The molecule has 6 nitrogen and oxygen atoms in total. The minimum atomic E-state index is -3.67. The van der Waals surface area contributed by atoms with Crippen LogP contribution >= 0.6 is 0 Å². The Morgan fingerprint density at radius 1 is 0.903 bits per heavy atom. The van der Waals surface area contributed by atoms with Crippen LogP contribution in [0.3, 0.4) is 0 Å². The lowest BCUT2D eigenvalue weighted by molar-refractivity contribution is 0.0730. The zero-order chi connectivity index (χ0) is 21.8. The minimum absolute atomic E-state index is 0.115. The van der Waals surface area contributed by atoms with Gasteiger partial charge in [0.05, 0.1) is 18.1 Å². The quantitative estimate of drug-likeness (QED) is 0.657. The molecule has 4 rings (SSSR count). The molecule has 1 amide bonds. The number of anilines is 1. The number of morpholine rings is 1. The third kappa shape index (κ3) is 4.69. The molecule has 31 heavy (non-hydrogen) atoms. The Hall–Kier alpha value is -3.00. The van der Waals surface area contributed by atoms with Crippen LogP contribution in [0.4, 0.5) is 5.69 Å². The zero-order valence-corrected chi connectivity index (χ0v) is 18.1. The van der Waals surface area contributed by atoms with Crippen molar-refractivity contribution >= 4 is 21.6 Å². The summed E-state index contributed by atoms with van der Waals surface area (Å²) in [5, 5.41) is 2.87. The van der Waals surface area contributed by atoms with Gasteiger partial charge >= 0.3 is 0 Å². The van der Waals surface area contributed by atoms with Crippen LogP contribution in [0.15, 0.2) is 77.7 Å². The van der Waals surface area contributed by atoms with Crippen molar-refractivity contribution in [1.29, 1.82) is 0 Å². The van der Waals surface area contributed by atoms with Gasteiger partial charge in [-0.15, -0.1) is 0 Å². The number of carbonyl (C=O) groups is 1. The van der Waals surface area contributed by atoms with Crippen LogP contribution in [-0.2, 0) is 14.8 Å². The highest BCUT2D eigenvalue weighted by Crippen LogP contribution is 2.23. The predicted octanol–water partition coefficient (Wildman–Crippen LogP) is 3.94. The molecule has 1 aliphatic heterocycles. The normalized spacial score (nSPS) is 14.9. The van der Waals surface area contributed by atoms with Gasteiger partial charge in [0.2, 0.25) is 10.0 Å². The molecule has 160 valence electrons. The summed E-state index contributed by atoms with van der Waals surface area (Å²) in [6.07, 6.45) is 0. The van der Waals surface area contributed by atoms with Crippen LogP contribution < -0.4 is 5.32 Å². The molecule has 1 N–H and O–H groups in total. The standard InChI is InChI=1S/C24H24N2O4S/c1-18-7-12-22(31(28,29)26-13-15-30-16-14-26)17-23(18)24(27)25-21-10-8-20(9-11-21)19-5-3-2-4-6-19/h2-12,17H,13-16H2,1H3,(H,25,27). The van der Waals surface area contributed by atoms with Crippen molar-refractivity contribution in [3.8, 4) is 11.1 Å². The molecule has 0 unspecified atom stereocenters. The second-order valence-electron chi connectivity index (χ2n) is 7.39. The smallest absolute Gasteiger partial charge is 0.255 e. The van der Waals surface area contributed by atoms with Crippen molar-refractivity contribution in [1.82, 2.24) is 4.31 Å². The van der Waals surface area contributed by atoms with Crippen LogP contribution in [0, 0.1) is 6.92 Å². The van der Waals surface area contributed by atoms with E-state index < -0.39 is 10.0 Å². The molecule has 0 radical (unpaired) electrons. The number of nitrogens with one attached hydrogen (secondary N) is 1. The van der Waals surface area contributed by atoms with Gasteiger partial charge in [-0.05, 0) is 47.9 Å². The Kier molecular flexibility index (Phi) is 6.18. The van der Waals surface area contributed by atoms with Gasteiger partial charge in [0.25, 0.3) is 5.91 Å². The number of nitrogens with zero attached hydrogens (tertiary/aromatic N) is 1. The summed E-state index contributed by atoms with van der Waals surface area (Å²) < 4.78 is 32.5. The summed E-state index contributed by atoms with van der Waals surface area (Å²) in [6, 6.07) is 22.2. The molecular weight excluding hydrogens is 412 g/mol. The lowest BCUT2D eigenvalue weighted by Crippen LogP contribution is -2.40. The fourth-order valence-corrected chi connectivity index (χ4v) is 4.95. The molecule has 1 aliphatic rings. The fraction of sp³-hybridized carbons (Fsp3) is 0.208. The molecule has 0 atom stereocenters. The van der Waals surface area contributed by atoms with Crippen LogP contribution in [0.2, 0.25) is 0 Å². The lowest BCUT2D eigenvalue weighted by Gasteiger charge is -2.26. The number of sulfonamides is 1. The highest BCUT2D eigenvalue weighted by atomic mass is 32.2. The number of rotatable bonds is 5. The van der Waals surface area contributed by atoms with E-state index in [2.05, 4.69) is 5.32 Å². The number of hydrogen-bond acceptors (Lipinski definition) is 4. The topological polar surface area (TPSA) is 75.7 Å². The summed E-state index contributed by atoms with van der Waals surface area (Å²) in [4.78, 5) is 13.0. The van der Waals surface area contributed by atoms with Gasteiger partial charge in [-0.3, -0.25) is 4.79 Å². The Morgan fingerprint density at radius 3 is 2.23 bits per heavy atom. The highest BCUT2D eigenvalue weighted by Gasteiger charge is 2.27. The fourth-order valence-electron chi connectivity index (χ4n) is 3.52. The van der Waals surface area contributed by atoms with Gasteiger partial charge in [-0.1, -0.05) is 48.5 Å². The Morgan fingerprint density at radius 2 is 1.55 bits per heavy atom. The summed E-state index contributed by atoms with van der Waals surface area (Å²) in [5.41, 5.74) is 3.83. The summed E-state index contributed by atoms with van der Waals surface area (Å²) >= 11 is 0. The predicted molar refractivity (Wildman–Crippen MR) is 121 cm³/mol. The maximum absolute atomic E-state index is 12.9. The van der Waals surface area contributed by atoms with E-state index in [9.17, 15) is 13.2 Å². The van der Waals surface area contributed by atoms with E-state index in [1.165, 1.54) is 10.4 Å². The van der Waals surface area contributed by atoms with Crippen molar-refractivity contribution in [3.63, 3.8) is 0 Å². The monoisotopic (exact) mass is 436 g/mol. The number of carbonyl (C=O) groups excluding carboxylic acids is 1. The van der Waals surface area contributed by atoms with Crippen LogP contribution in [0.25, 0.3) is 11.1 Å². The van der Waals surface area contributed by atoms with E-state index in [1.807, 2.05) is 54.6 Å². The van der Waals surface area contributed by atoms with Crippen molar-refractivity contribution in [2.75, 3.05) is 31.6 Å². The maximum atomic E-state index is 12.9. The molecule has 0 saturated carbocycles. The molecule has 1 saturated heterocycles. The Labute approximate surface area is 182 Å². The number of aryl methyl sites for hydroxylation is 1. The van der Waals surface area contributed by atoms with Gasteiger partial charge in [-0.2, -0.15) is 4.31 Å². The van der Waals surface area contributed by atoms with Crippen LogP contribution in [-0.4, -0.2) is 44.9 Å². The van der Waals surface area contributed by atoms with E-state index in [0.717, 1.165) is 11.1 Å². The minimum Gasteiger partial charge on any atom is -0.379 e. The van der Waals surface area contributed by atoms with Crippen molar-refractivity contribution < 1.29 is 17.9 Å². The third-order valence-electron chi connectivity index (χ3n) is 5.31. The molecule has 0 bridgehead atoms. The number of benzene rings is 3. The van der Waals surface area contributed by atoms with E-state index in [0.29, 0.717) is 43.1 Å². The van der Waals surface area contributed by atoms with Crippen molar-refractivity contribution in [3.05, 3.63) is 83.9 Å². The molecule has 0 aliphatic carbocycles. The summed E-state index contributed by atoms with van der Waals surface area (Å²) in [5.74, 6) is -0.344. The number of hydrogen-bond donors (Lipinski definition) is 1. The molecule has 1 heterocycles. The van der Waals surface area contributed by atoms with E-state index in [-0.39, 0.29) is 10.8 Å². The first-order valence-electron chi connectivity index (χ1n) is 10.1.